The first-order valence-electron chi connectivity index (χ1n) is 10.6. The smallest absolute Gasteiger partial charge is 0.277 e. The molecule has 0 bridgehead atoms. The van der Waals surface area contributed by atoms with E-state index in [1.165, 1.54) is 4.90 Å². The summed E-state index contributed by atoms with van der Waals surface area (Å²) in [5.74, 6) is 0.763. The van der Waals surface area contributed by atoms with E-state index < -0.39 is 0 Å². The summed E-state index contributed by atoms with van der Waals surface area (Å²) in [6.45, 7) is 11.0. The maximum atomic E-state index is 13.2. The minimum absolute atomic E-state index is 0.0617. The predicted octanol–water partition coefficient (Wildman–Crippen LogP) is 3.32. The van der Waals surface area contributed by atoms with Crippen molar-refractivity contribution in [2.75, 3.05) is 32.8 Å². The third-order valence-corrected chi connectivity index (χ3v) is 5.06. The zero-order valence-electron chi connectivity index (χ0n) is 17.9. The Labute approximate surface area is 173 Å². The van der Waals surface area contributed by atoms with Gasteiger partial charge in [-0.15, -0.1) is 0 Å². The number of hydrogen-bond acceptors (Lipinski definition) is 5. The molecule has 0 N–H and O–H groups in total. The number of likely N-dealkylation sites (tertiary alicyclic amines) is 1. The fourth-order valence-electron chi connectivity index (χ4n) is 3.62. The van der Waals surface area contributed by atoms with Crippen LogP contribution in [-0.2, 0) is 14.3 Å². The van der Waals surface area contributed by atoms with Gasteiger partial charge in [-0.2, -0.15) is 0 Å². The number of hydrogen-bond donors (Lipinski definition) is 0. The fraction of sp³-hybridized carbons (Fsp3) is 0.565. The molecule has 29 heavy (non-hydrogen) atoms. The van der Waals surface area contributed by atoms with Crippen molar-refractivity contribution in [1.29, 1.82) is 0 Å². The van der Waals surface area contributed by atoms with Crippen molar-refractivity contribution in [2.45, 2.75) is 46.6 Å². The number of carbonyl (C=O) groups is 2. The van der Waals surface area contributed by atoms with Gasteiger partial charge in [0.15, 0.2) is 0 Å². The van der Waals surface area contributed by atoms with Crippen molar-refractivity contribution < 1.29 is 19.1 Å². The van der Waals surface area contributed by atoms with Gasteiger partial charge in [-0.05, 0) is 50.3 Å². The highest BCUT2D eigenvalue weighted by Crippen LogP contribution is 2.34. The Morgan fingerprint density at radius 2 is 1.62 bits per heavy atom. The van der Waals surface area contributed by atoms with E-state index in [0.717, 1.165) is 37.2 Å². The number of benzene rings is 1. The lowest BCUT2D eigenvalue weighted by Crippen LogP contribution is -2.37. The molecular weight excluding hydrogens is 368 g/mol. The van der Waals surface area contributed by atoms with E-state index in [2.05, 4.69) is 18.7 Å². The van der Waals surface area contributed by atoms with Crippen LogP contribution < -0.4 is 4.74 Å². The maximum absolute atomic E-state index is 13.2. The number of amides is 2. The molecule has 0 saturated carbocycles. The van der Waals surface area contributed by atoms with Crippen LogP contribution in [0.4, 0.5) is 0 Å². The van der Waals surface area contributed by atoms with E-state index in [4.69, 9.17) is 9.47 Å². The Bertz CT molecular complexity index is 762. The minimum atomic E-state index is -0.236. The molecule has 0 spiro atoms. The third-order valence-electron chi connectivity index (χ3n) is 5.06. The van der Waals surface area contributed by atoms with Gasteiger partial charge >= 0.3 is 0 Å². The van der Waals surface area contributed by atoms with Crippen LogP contribution in [0.25, 0.3) is 5.57 Å². The normalized spacial score (nSPS) is 17.4. The molecule has 1 aromatic rings. The summed E-state index contributed by atoms with van der Waals surface area (Å²) in [7, 11) is 0. The van der Waals surface area contributed by atoms with Gasteiger partial charge in [0.2, 0.25) is 0 Å². The number of rotatable bonds is 9. The van der Waals surface area contributed by atoms with Gasteiger partial charge < -0.3 is 14.4 Å². The van der Waals surface area contributed by atoms with Crippen molar-refractivity contribution in [2.24, 2.45) is 5.92 Å². The quantitative estimate of drug-likeness (QED) is 0.595. The van der Waals surface area contributed by atoms with Crippen molar-refractivity contribution in [3.63, 3.8) is 0 Å². The molecular formula is C23H32N2O4. The highest BCUT2D eigenvalue weighted by Gasteiger charge is 2.41. The molecule has 2 amide bonds. The van der Waals surface area contributed by atoms with Crippen LogP contribution in [0.1, 0.15) is 46.1 Å². The number of nitrogens with zero attached hydrogens (tertiary/aromatic N) is 2. The first-order chi connectivity index (χ1) is 13.9. The van der Waals surface area contributed by atoms with Crippen molar-refractivity contribution >= 4 is 17.4 Å². The zero-order valence-corrected chi connectivity index (χ0v) is 17.9. The average molecular weight is 401 g/mol. The van der Waals surface area contributed by atoms with Gasteiger partial charge in [-0.3, -0.25) is 14.5 Å². The minimum Gasteiger partial charge on any atom is -0.493 e. The Hall–Kier alpha value is -2.34. The highest BCUT2D eigenvalue weighted by molar-refractivity contribution is 6.35. The molecule has 6 heteroatoms. The summed E-state index contributed by atoms with van der Waals surface area (Å²) in [5, 5.41) is 0. The molecule has 1 aromatic carbocycles. The summed E-state index contributed by atoms with van der Waals surface area (Å²) < 4.78 is 11.3. The number of carbonyl (C=O) groups excluding carboxylic acids is 2. The van der Waals surface area contributed by atoms with Crippen LogP contribution in [0.15, 0.2) is 30.0 Å². The zero-order chi connectivity index (χ0) is 21.0. The molecule has 158 valence electrons. The lowest BCUT2D eigenvalue weighted by Gasteiger charge is -2.20. The first-order valence-corrected chi connectivity index (χ1v) is 10.6. The molecule has 1 saturated heterocycles. The molecule has 0 radical (unpaired) electrons. The lowest BCUT2D eigenvalue weighted by atomic mass is 10.0. The Morgan fingerprint density at radius 1 is 0.966 bits per heavy atom. The van der Waals surface area contributed by atoms with Crippen molar-refractivity contribution in [1.82, 2.24) is 9.80 Å². The third kappa shape index (κ3) is 4.99. The van der Waals surface area contributed by atoms with Crippen LogP contribution in [0.5, 0.6) is 5.75 Å². The standard InChI is InChI=1S/C23H32N2O4/c1-16(2)15-29-19-9-7-18(8-10-19)20-21(24-11-5-6-12-24)23(27)25(22(20)26)13-14-28-17(3)4/h7-10,16-17H,5-6,11-15H2,1-4H3. The van der Waals surface area contributed by atoms with Gasteiger partial charge in [0, 0.05) is 13.1 Å². The molecule has 3 rings (SSSR count). The molecule has 2 heterocycles. The lowest BCUT2D eigenvalue weighted by molar-refractivity contribution is -0.138. The molecule has 1 fully saturated rings. The SMILES string of the molecule is CC(C)COc1ccc(C2=C(N3CCCC3)C(=O)N(CCOC(C)C)C2=O)cc1. The summed E-state index contributed by atoms with van der Waals surface area (Å²) >= 11 is 0. The van der Waals surface area contributed by atoms with E-state index in [1.807, 2.05) is 38.1 Å². The van der Waals surface area contributed by atoms with Gasteiger partial charge in [-0.25, -0.2) is 0 Å². The van der Waals surface area contributed by atoms with Crippen LogP contribution in [0.2, 0.25) is 0 Å². The summed E-state index contributed by atoms with van der Waals surface area (Å²) in [4.78, 5) is 29.7. The van der Waals surface area contributed by atoms with Crippen LogP contribution in [-0.4, -0.2) is 60.6 Å². The number of imide groups is 1. The van der Waals surface area contributed by atoms with Crippen molar-refractivity contribution in [3.05, 3.63) is 35.5 Å². The highest BCUT2D eigenvalue weighted by atomic mass is 16.5. The summed E-state index contributed by atoms with van der Waals surface area (Å²) in [6, 6.07) is 7.49. The van der Waals surface area contributed by atoms with E-state index >= 15 is 0 Å². The Morgan fingerprint density at radius 3 is 2.21 bits per heavy atom. The van der Waals surface area contributed by atoms with Gasteiger partial charge in [0.25, 0.3) is 11.8 Å². The maximum Gasteiger partial charge on any atom is 0.277 e. The number of ether oxygens (including phenoxy) is 2. The molecule has 0 unspecified atom stereocenters. The molecule has 0 aliphatic carbocycles. The van der Waals surface area contributed by atoms with E-state index in [9.17, 15) is 9.59 Å². The van der Waals surface area contributed by atoms with E-state index in [-0.39, 0.29) is 24.5 Å². The van der Waals surface area contributed by atoms with Crippen LogP contribution >= 0.6 is 0 Å². The fourth-order valence-corrected chi connectivity index (χ4v) is 3.62. The average Bonchev–Trinajstić information content (AvgIpc) is 3.28. The largest absolute Gasteiger partial charge is 0.493 e. The predicted molar refractivity (Wildman–Crippen MR) is 112 cm³/mol. The molecule has 2 aliphatic heterocycles. The van der Waals surface area contributed by atoms with Crippen LogP contribution in [0, 0.1) is 5.92 Å². The van der Waals surface area contributed by atoms with Gasteiger partial charge in [0.1, 0.15) is 11.4 Å². The molecule has 0 aromatic heterocycles. The second kappa shape index (κ2) is 9.44. The topological polar surface area (TPSA) is 59.1 Å². The Kier molecular flexibility index (Phi) is 6.96. The molecule has 0 atom stereocenters. The van der Waals surface area contributed by atoms with E-state index in [0.29, 0.717) is 30.4 Å². The van der Waals surface area contributed by atoms with Gasteiger partial charge in [-0.1, -0.05) is 26.0 Å². The first kappa shape index (κ1) is 21.4. The molecule has 6 nitrogen and oxygen atoms in total. The second-order valence-corrected chi connectivity index (χ2v) is 8.33. The van der Waals surface area contributed by atoms with E-state index in [1.54, 1.807) is 0 Å². The van der Waals surface area contributed by atoms with Gasteiger partial charge in [0.05, 0.1) is 31.4 Å². The summed E-state index contributed by atoms with van der Waals surface area (Å²) in [5.41, 5.74) is 1.79. The van der Waals surface area contributed by atoms with Crippen molar-refractivity contribution in [3.8, 4) is 5.75 Å². The van der Waals surface area contributed by atoms with Crippen LogP contribution in [0.3, 0.4) is 0 Å². The summed E-state index contributed by atoms with van der Waals surface area (Å²) in [6.07, 6.45) is 2.14. The molecule has 2 aliphatic rings. The monoisotopic (exact) mass is 400 g/mol. The second-order valence-electron chi connectivity index (χ2n) is 8.33. The Balaban J connectivity index is 1.85.